The van der Waals surface area contributed by atoms with Gasteiger partial charge >= 0.3 is 6.16 Å². The summed E-state index contributed by atoms with van der Waals surface area (Å²) in [5, 5.41) is 0. The molecular weight excluding hydrogens is 324 g/mol. The van der Waals surface area contributed by atoms with E-state index in [2.05, 4.69) is 13.8 Å². The zero-order chi connectivity index (χ0) is 18.9. The first kappa shape index (κ1) is 22.5. The fraction of sp³-hybridized carbons (Fsp3) is 0.696. The Morgan fingerprint density at radius 2 is 1.27 bits per heavy atom. The van der Waals surface area contributed by atoms with E-state index in [9.17, 15) is 4.79 Å². The number of carbonyl (C=O) groups excluding carboxylic acids is 1. The number of aryl methyl sites for hydroxylation is 1. The van der Waals surface area contributed by atoms with Gasteiger partial charge in [-0.05, 0) is 37.0 Å². The Hall–Kier alpha value is -1.51. The van der Waals surface area contributed by atoms with E-state index in [1.807, 2.05) is 24.3 Å². The average Bonchev–Trinajstić information content (AvgIpc) is 2.65. The van der Waals surface area contributed by atoms with E-state index in [0.29, 0.717) is 12.4 Å². The fourth-order valence-corrected chi connectivity index (χ4v) is 3.00. The third kappa shape index (κ3) is 11.9. The van der Waals surface area contributed by atoms with Gasteiger partial charge in [-0.15, -0.1) is 0 Å². The second-order valence-corrected chi connectivity index (χ2v) is 7.13. The second-order valence-electron chi connectivity index (χ2n) is 7.13. The van der Waals surface area contributed by atoms with Crippen molar-refractivity contribution in [1.29, 1.82) is 0 Å². The molecule has 0 bridgehead atoms. The van der Waals surface area contributed by atoms with Gasteiger partial charge in [0.1, 0.15) is 5.75 Å². The van der Waals surface area contributed by atoms with Gasteiger partial charge in [0, 0.05) is 0 Å². The zero-order valence-corrected chi connectivity index (χ0v) is 16.9. The number of hydrogen-bond donors (Lipinski definition) is 0. The molecule has 0 aliphatic rings. The fourth-order valence-electron chi connectivity index (χ4n) is 3.00. The lowest BCUT2D eigenvalue weighted by molar-refractivity contribution is 0.0973. The van der Waals surface area contributed by atoms with Gasteiger partial charge < -0.3 is 9.47 Å². The number of benzene rings is 1. The van der Waals surface area contributed by atoms with Crippen LogP contribution in [-0.4, -0.2) is 12.8 Å². The second kappa shape index (κ2) is 15.7. The predicted molar refractivity (Wildman–Crippen MR) is 109 cm³/mol. The van der Waals surface area contributed by atoms with Crippen molar-refractivity contribution in [2.24, 2.45) is 0 Å². The van der Waals surface area contributed by atoms with Gasteiger partial charge in [0.15, 0.2) is 0 Å². The smallest absolute Gasteiger partial charge is 0.434 e. The Morgan fingerprint density at radius 3 is 1.88 bits per heavy atom. The van der Waals surface area contributed by atoms with Crippen LogP contribution in [0.2, 0.25) is 0 Å². The van der Waals surface area contributed by atoms with Crippen LogP contribution in [0.15, 0.2) is 24.3 Å². The molecule has 0 amide bonds. The molecule has 26 heavy (non-hydrogen) atoms. The van der Waals surface area contributed by atoms with E-state index >= 15 is 0 Å². The molecule has 1 aromatic rings. The molecule has 0 spiro atoms. The maximum atomic E-state index is 11.7. The normalized spacial score (nSPS) is 10.7. The summed E-state index contributed by atoms with van der Waals surface area (Å²) in [6, 6.07) is 7.81. The lowest BCUT2D eigenvalue weighted by Crippen LogP contribution is -2.11. The average molecular weight is 363 g/mol. The minimum atomic E-state index is -0.597. The number of hydrogen-bond acceptors (Lipinski definition) is 3. The number of unbranched alkanes of at least 4 members (excludes halogenated alkanes) is 10. The highest BCUT2D eigenvalue weighted by Gasteiger charge is 2.06. The van der Waals surface area contributed by atoms with Gasteiger partial charge in [0.25, 0.3) is 0 Å². The molecule has 0 aliphatic heterocycles. The molecule has 0 radical (unpaired) electrons. The SMILES string of the molecule is CCCCCCCCCc1ccc(OC(=O)OCCCCCCC)cc1. The highest BCUT2D eigenvalue weighted by Crippen LogP contribution is 2.16. The van der Waals surface area contributed by atoms with Crippen LogP contribution >= 0.6 is 0 Å². The lowest BCUT2D eigenvalue weighted by Gasteiger charge is -2.07. The summed E-state index contributed by atoms with van der Waals surface area (Å²) in [6.45, 7) is 4.88. The van der Waals surface area contributed by atoms with Crippen molar-refractivity contribution in [3.8, 4) is 5.75 Å². The molecule has 0 saturated heterocycles. The van der Waals surface area contributed by atoms with E-state index in [-0.39, 0.29) is 0 Å². The molecule has 0 aliphatic carbocycles. The van der Waals surface area contributed by atoms with Gasteiger partial charge in [-0.3, -0.25) is 0 Å². The summed E-state index contributed by atoms with van der Waals surface area (Å²) in [6.07, 6.45) is 15.5. The van der Waals surface area contributed by atoms with Crippen LogP contribution in [0.1, 0.15) is 96.5 Å². The molecule has 0 atom stereocenters. The molecule has 3 nitrogen and oxygen atoms in total. The van der Waals surface area contributed by atoms with Crippen molar-refractivity contribution >= 4 is 6.16 Å². The van der Waals surface area contributed by atoms with Gasteiger partial charge in [-0.2, -0.15) is 0 Å². The third-order valence-electron chi connectivity index (χ3n) is 4.66. The Morgan fingerprint density at radius 1 is 0.731 bits per heavy atom. The Labute approximate surface area is 160 Å². The molecule has 0 aromatic heterocycles. The van der Waals surface area contributed by atoms with Crippen LogP contribution in [0.25, 0.3) is 0 Å². The third-order valence-corrected chi connectivity index (χ3v) is 4.66. The van der Waals surface area contributed by atoms with Crippen LogP contribution < -0.4 is 4.74 Å². The van der Waals surface area contributed by atoms with Gasteiger partial charge in [0.05, 0.1) is 6.61 Å². The summed E-state index contributed by atoms with van der Waals surface area (Å²) in [5.41, 5.74) is 1.30. The minimum absolute atomic E-state index is 0.443. The van der Waals surface area contributed by atoms with Gasteiger partial charge in [-0.1, -0.05) is 90.2 Å². The van der Waals surface area contributed by atoms with Crippen LogP contribution in [0.4, 0.5) is 4.79 Å². The molecule has 0 unspecified atom stereocenters. The highest BCUT2D eigenvalue weighted by molar-refractivity contribution is 5.63. The van der Waals surface area contributed by atoms with Crippen molar-refractivity contribution in [3.05, 3.63) is 29.8 Å². The molecular formula is C23H38O3. The number of rotatable bonds is 15. The maximum Gasteiger partial charge on any atom is 0.513 e. The first-order valence-electron chi connectivity index (χ1n) is 10.7. The van der Waals surface area contributed by atoms with Gasteiger partial charge in [-0.25, -0.2) is 4.79 Å². The van der Waals surface area contributed by atoms with Crippen molar-refractivity contribution in [3.63, 3.8) is 0 Å². The maximum absolute atomic E-state index is 11.7. The van der Waals surface area contributed by atoms with Crippen molar-refractivity contribution in [2.75, 3.05) is 6.61 Å². The molecule has 3 heteroatoms. The topological polar surface area (TPSA) is 35.5 Å². The Balaban J connectivity index is 2.10. The lowest BCUT2D eigenvalue weighted by atomic mass is 10.0. The zero-order valence-electron chi connectivity index (χ0n) is 16.9. The summed E-state index contributed by atoms with van der Waals surface area (Å²) < 4.78 is 10.3. The monoisotopic (exact) mass is 362 g/mol. The highest BCUT2D eigenvalue weighted by atomic mass is 16.7. The van der Waals surface area contributed by atoms with E-state index in [4.69, 9.17) is 9.47 Å². The first-order chi connectivity index (χ1) is 12.8. The van der Waals surface area contributed by atoms with Crippen LogP contribution in [-0.2, 0) is 11.2 Å². The predicted octanol–water partition coefficient (Wildman–Crippen LogP) is 7.47. The van der Waals surface area contributed by atoms with Crippen molar-refractivity contribution < 1.29 is 14.3 Å². The number of carbonyl (C=O) groups is 1. The van der Waals surface area contributed by atoms with Crippen LogP contribution in [0.3, 0.4) is 0 Å². The quantitative estimate of drug-likeness (QED) is 0.184. The molecule has 0 heterocycles. The molecule has 0 N–H and O–H groups in total. The summed E-state index contributed by atoms with van der Waals surface area (Å²) in [4.78, 5) is 11.7. The van der Waals surface area contributed by atoms with E-state index in [1.54, 1.807) is 0 Å². The van der Waals surface area contributed by atoms with E-state index in [1.165, 1.54) is 69.8 Å². The largest absolute Gasteiger partial charge is 0.513 e. The van der Waals surface area contributed by atoms with Crippen LogP contribution in [0.5, 0.6) is 5.75 Å². The molecule has 1 aromatic carbocycles. The summed E-state index contributed by atoms with van der Waals surface area (Å²) in [7, 11) is 0. The van der Waals surface area contributed by atoms with E-state index < -0.39 is 6.16 Å². The van der Waals surface area contributed by atoms with Crippen molar-refractivity contribution in [2.45, 2.75) is 97.3 Å². The van der Waals surface area contributed by atoms with Crippen LogP contribution in [0, 0.1) is 0 Å². The van der Waals surface area contributed by atoms with Gasteiger partial charge in [0.2, 0.25) is 0 Å². The standard InChI is InChI=1S/C23H38O3/c1-3-5-7-9-10-11-13-15-21-16-18-22(19-17-21)26-23(24)25-20-14-12-8-6-4-2/h16-19H,3-15,20H2,1-2H3. The molecule has 0 fully saturated rings. The first-order valence-corrected chi connectivity index (χ1v) is 10.7. The molecule has 0 saturated carbocycles. The summed E-state index contributed by atoms with van der Waals surface area (Å²) >= 11 is 0. The minimum Gasteiger partial charge on any atom is -0.434 e. The van der Waals surface area contributed by atoms with E-state index in [0.717, 1.165) is 19.3 Å². The summed E-state index contributed by atoms with van der Waals surface area (Å²) in [5.74, 6) is 0.560. The molecule has 148 valence electrons. The van der Waals surface area contributed by atoms with Crippen molar-refractivity contribution in [1.82, 2.24) is 0 Å². The Kier molecular flexibility index (Phi) is 13.6. The Bertz CT molecular complexity index is 453. The number of ether oxygens (including phenoxy) is 2. The molecule has 1 rings (SSSR count).